The number of carbonyl (C=O) groups is 1. The number of aromatic nitrogens is 5. The van der Waals surface area contributed by atoms with Gasteiger partial charge in [0.05, 0.1) is 23.1 Å². The minimum Gasteiger partial charge on any atom is -0.338 e. The molecule has 2 aromatic heterocycles. The van der Waals surface area contributed by atoms with Crippen molar-refractivity contribution in [1.82, 2.24) is 29.4 Å². The molecule has 0 atom stereocenters. The van der Waals surface area contributed by atoms with Crippen LogP contribution >= 0.6 is 0 Å². The second-order valence-corrected chi connectivity index (χ2v) is 6.08. The van der Waals surface area contributed by atoms with Gasteiger partial charge < -0.3 is 4.90 Å². The molecule has 1 aliphatic heterocycles. The van der Waals surface area contributed by atoms with E-state index in [1.165, 1.54) is 6.33 Å². The Morgan fingerprint density at radius 1 is 1.21 bits per heavy atom. The van der Waals surface area contributed by atoms with E-state index in [1.807, 2.05) is 46.8 Å². The summed E-state index contributed by atoms with van der Waals surface area (Å²) in [7, 11) is 0. The molecule has 0 radical (unpaired) electrons. The molecular weight excluding hydrogens is 304 g/mol. The molecule has 122 valence electrons. The predicted molar refractivity (Wildman–Crippen MR) is 87.7 cm³/mol. The van der Waals surface area contributed by atoms with E-state index in [9.17, 15) is 4.79 Å². The first-order valence-corrected chi connectivity index (χ1v) is 7.94. The Balaban J connectivity index is 1.44. The highest BCUT2D eigenvalue weighted by molar-refractivity contribution is 5.95. The van der Waals surface area contributed by atoms with E-state index in [1.54, 1.807) is 17.2 Å². The van der Waals surface area contributed by atoms with Crippen LogP contribution in [0.1, 0.15) is 16.1 Å². The molecular formula is C17H18N6O. The molecule has 1 fully saturated rings. The van der Waals surface area contributed by atoms with Crippen molar-refractivity contribution in [3.8, 4) is 5.69 Å². The lowest BCUT2D eigenvalue weighted by molar-refractivity contribution is 0.0460. The normalized spacial score (nSPS) is 14.6. The Kier molecular flexibility index (Phi) is 3.60. The number of carbonyl (C=O) groups excluding carboxylic acids is 1. The van der Waals surface area contributed by atoms with Gasteiger partial charge in [-0.15, -0.1) is 0 Å². The van der Waals surface area contributed by atoms with Crippen molar-refractivity contribution in [3.63, 3.8) is 0 Å². The summed E-state index contributed by atoms with van der Waals surface area (Å²) < 4.78 is 3.62. The molecule has 0 spiro atoms. The fourth-order valence-corrected chi connectivity index (χ4v) is 3.06. The largest absolute Gasteiger partial charge is 0.338 e. The van der Waals surface area contributed by atoms with Crippen LogP contribution in [0.15, 0.2) is 49.2 Å². The maximum absolute atomic E-state index is 12.7. The van der Waals surface area contributed by atoms with Gasteiger partial charge in [-0.25, -0.2) is 9.67 Å². The third kappa shape index (κ3) is 2.58. The number of amides is 1. The van der Waals surface area contributed by atoms with E-state index < -0.39 is 0 Å². The Hall–Kier alpha value is -2.96. The number of nitrogens with zero attached hydrogens (tertiary/aromatic N) is 6. The maximum atomic E-state index is 12.7. The van der Waals surface area contributed by atoms with Gasteiger partial charge in [0, 0.05) is 25.6 Å². The van der Waals surface area contributed by atoms with Crippen LogP contribution in [-0.2, 0) is 6.54 Å². The average Bonchev–Trinajstić information content (AvgIpc) is 3.20. The highest BCUT2D eigenvalue weighted by atomic mass is 16.2. The summed E-state index contributed by atoms with van der Waals surface area (Å²) in [6, 6.07) is 9.84. The number of hydrogen-bond acceptors (Lipinski definition) is 4. The second-order valence-electron chi connectivity index (χ2n) is 6.08. The Bertz CT molecular complexity index is 833. The lowest BCUT2D eigenvalue weighted by Crippen LogP contribution is -2.51. The lowest BCUT2D eigenvalue weighted by atomic mass is 9.99. The van der Waals surface area contributed by atoms with Crippen molar-refractivity contribution in [2.24, 2.45) is 5.92 Å². The summed E-state index contributed by atoms with van der Waals surface area (Å²) in [5, 5.41) is 8.48. The first-order valence-electron chi connectivity index (χ1n) is 7.94. The minimum atomic E-state index is 0.0459. The molecule has 0 bridgehead atoms. The summed E-state index contributed by atoms with van der Waals surface area (Å²) in [5.41, 5.74) is 2.49. The zero-order valence-corrected chi connectivity index (χ0v) is 13.4. The average molecular weight is 322 g/mol. The molecule has 24 heavy (non-hydrogen) atoms. The number of likely N-dealkylation sites (tertiary alicyclic amines) is 1. The van der Waals surface area contributed by atoms with Gasteiger partial charge in [-0.1, -0.05) is 18.2 Å². The van der Waals surface area contributed by atoms with Crippen molar-refractivity contribution in [2.75, 3.05) is 13.1 Å². The number of para-hydroxylation sites is 1. The standard InChI is InChI=1S/C17H18N6O/c1-13-16(7-19-23(13)15-5-3-2-4-6-15)17(24)21-8-14(9-21)10-22-12-18-11-20-22/h2-7,11-12,14H,8-10H2,1H3. The number of benzene rings is 1. The molecule has 0 unspecified atom stereocenters. The summed E-state index contributed by atoms with van der Waals surface area (Å²) in [6.45, 7) is 4.22. The maximum Gasteiger partial charge on any atom is 0.257 e. The van der Waals surface area contributed by atoms with E-state index in [0.717, 1.165) is 31.0 Å². The van der Waals surface area contributed by atoms with E-state index in [4.69, 9.17) is 0 Å². The van der Waals surface area contributed by atoms with Crippen LogP contribution in [0.2, 0.25) is 0 Å². The number of rotatable bonds is 4. The highest BCUT2D eigenvalue weighted by Gasteiger charge is 2.33. The van der Waals surface area contributed by atoms with Crippen molar-refractivity contribution < 1.29 is 4.79 Å². The third-order valence-electron chi connectivity index (χ3n) is 4.40. The highest BCUT2D eigenvalue weighted by Crippen LogP contribution is 2.22. The molecule has 1 saturated heterocycles. The molecule has 7 nitrogen and oxygen atoms in total. The molecule has 0 aliphatic carbocycles. The second kappa shape index (κ2) is 5.92. The van der Waals surface area contributed by atoms with Crippen molar-refractivity contribution in [1.29, 1.82) is 0 Å². The van der Waals surface area contributed by atoms with E-state index >= 15 is 0 Å². The zero-order chi connectivity index (χ0) is 16.5. The van der Waals surface area contributed by atoms with Crippen molar-refractivity contribution in [2.45, 2.75) is 13.5 Å². The van der Waals surface area contributed by atoms with Crippen LogP contribution in [-0.4, -0.2) is 48.4 Å². The predicted octanol–water partition coefficient (Wildman–Crippen LogP) is 1.54. The smallest absolute Gasteiger partial charge is 0.257 e. The van der Waals surface area contributed by atoms with Gasteiger partial charge in [-0.2, -0.15) is 10.2 Å². The van der Waals surface area contributed by atoms with Crippen LogP contribution in [0.4, 0.5) is 0 Å². The topological polar surface area (TPSA) is 68.8 Å². The molecule has 1 aliphatic rings. The minimum absolute atomic E-state index is 0.0459. The van der Waals surface area contributed by atoms with Gasteiger partial charge in [0.25, 0.3) is 5.91 Å². The van der Waals surface area contributed by atoms with Crippen LogP contribution < -0.4 is 0 Å². The number of hydrogen-bond donors (Lipinski definition) is 0. The van der Waals surface area contributed by atoms with Gasteiger partial charge in [0.2, 0.25) is 0 Å². The summed E-state index contributed by atoms with van der Waals surface area (Å²) in [5.74, 6) is 0.477. The molecule has 1 amide bonds. The summed E-state index contributed by atoms with van der Waals surface area (Å²) >= 11 is 0. The lowest BCUT2D eigenvalue weighted by Gasteiger charge is -2.39. The Morgan fingerprint density at radius 2 is 2.00 bits per heavy atom. The van der Waals surface area contributed by atoms with Gasteiger partial charge >= 0.3 is 0 Å². The molecule has 0 saturated carbocycles. The van der Waals surface area contributed by atoms with Gasteiger partial charge in [-0.05, 0) is 19.1 Å². The van der Waals surface area contributed by atoms with Crippen LogP contribution in [0.3, 0.4) is 0 Å². The summed E-state index contributed by atoms with van der Waals surface area (Å²) in [6.07, 6.45) is 4.90. The molecule has 1 aromatic carbocycles. The molecule has 0 N–H and O–H groups in total. The monoisotopic (exact) mass is 322 g/mol. The first kappa shape index (κ1) is 14.6. The zero-order valence-electron chi connectivity index (χ0n) is 13.4. The van der Waals surface area contributed by atoms with Crippen molar-refractivity contribution >= 4 is 5.91 Å². The molecule has 3 aromatic rings. The van der Waals surface area contributed by atoms with Crippen LogP contribution in [0.5, 0.6) is 0 Å². The van der Waals surface area contributed by atoms with Crippen LogP contribution in [0, 0.1) is 12.8 Å². The van der Waals surface area contributed by atoms with Gasteiger partial charge in [0.15, 0.2) is 0 Å². The Labute approximate surface area is 139 Å². The van der Waals surface area contributed by atoms with E-state index in [2.05, 4.69) is 15.2 Å². The fourth-order valence-electron chi connectivity index (χ4n) is 3.06. The van der Waals surface area contributed by atoms with Crippen LogP contribution in [0.25, 0.3) is 5.69 Å². The molecule has 7 heteroatoms. The fraction of sp³-hybridized carbons (Fsp3) is 0.294. The molecule has 4 rings (SSSR count). The quantitative estimate of drug-likeness (QED) is 0.731. The third-order valence-corrected chi connectivity index (χ3v) is 4.40. The Morgan fingerprint density at radius 3 is 2.71 bits per heavy atom. The van der Waals surface area contributed by atoms with Gasteiger partial charge in [0.1, 0.15) is 12.7 Å². The SMILES string of the molecule is Cc1c(C(=O)N2CC(Cn3cncn3)C2)cnn1-c1ccccc1. The van der Waals surface area contributed by atoms with Crippen molar-refractivity contribution in [3.05, 3.63) is 60.4 Å². The van der Waals surface area contributed by atoms with E-state index in [0.29, 0.717) is 11.5 Å². The van der Waals surface area contributed by atoms with Gasteiger partial charge in [-0.3, -0.25) is 9.48 Å². The first-order chi connectivity index (χ1) is 11.7. The summed E-state index contributed by atoms with van der Waals surface area (Å²) in [4.78, 5) is 18.5. The van der Waals surface area contributed by atoms with E-state index in [-0.39, 0.29) is 5.91 Å². The molecule has 3 heterocycles.